The van der Waals surface area contributed by atoms with E-state index in [1.807, 2.05) is 12.4 Å². The molecule has 1 fully saturated rings. The Hall–Kier alpha value is -2.62. The predicted molar refractivity (Wildman–Crippen MR) is 200 cm³/mol. The highest BCUT2D eigenvalue weighted by atomic mass is 16.3. The Morgan fingerprint density at radius 1 is 0.565 bits per heavy atom. The van der Waals surface area contributed by atoms with Gasteiger partial charge < -0.3 is 10.2 Å². The second-order valence-electron chi connectivity index (χ2n) is 19.2. The van der Waals surface area contributed by atoms with Crippen molar-refractivity contribution < 1.29 is 10.2 Å². The van der Waals surface area contributed by atoms with Crippen LogP contribution in [-0.4, -0.2) is 34.7 Å². The molecule has 0 bridgehead atoms. The quantitative estimate of drug-likeness (QED) is 0.312. The van der Waals surface area contributed by atoms with Gasteiger partial charge in [-0.15, -0.1) is 0 Å². The maximum Gasteiger partial charge on any atom is 0.128 e. The normalized spacial score (nSPS) is 17.6. The number of hydrogen-bond acceptors (Lipinski definition) is 4. The van der Waals surface area contributed by atoms with Crippen molar-refractivity contribution in [2.45, 2.75) is 170 Å². The molecule has 46 heavy (non-hydrogen) atoms. The molecule has 0 amide bonds. The lowest BCUT2D eigenvalue weighted by Gasteiger charge is -2.38. The van der Waals surface area contributed by atoms with Crippen LogP contribution in [0.3, 0.4) is 0 Å². The zero-order chi connectivity index (χ0) is 35.0. The van der Waals surface area contributed by atoms with Gasteiger partial charge in [-0.05, 0) is 69.1 Å². The minimum absolute atomic E-state index is 0.0534. The van der Waals surface area contributed by atoms with E-state index in [1.165, 1.54) is 30.4 Å². The Labute approximate surface area is 282 Å². The van der Waals surface area contributed by atoms with Gasteiger partial charge in [-0.1, -0.05) is 135 Å². The van der Waals surface area contributed by atoms with Gasteiger partial charge >= 0.3 is 0 Å². The van der Waals surface area contributed by atoms with Crippen LogP contribution >= 0.6 is 0 Å². The molecule has 0 heterocycles. The van der Waals surface area contributed by atoms with E-state index in [4.69, 9.17) is 9.98 Å². The minimum Gasteiger partial charge on any atom is -0.507 e. The summed E-state index contributed by atoms with van der Waals surface area (Å²) >= 11 is 0. The van der Waals surface area contributed by atoms with Crippen molar-refractivity contribution in [1.29, 1.82) is 0 Å². The molecule has 2 aromatic carbocycles. The lowest BCUT2D eigenvalue weighted by molar-refractivity contribution is 0.206. The number of phenols is 2. The smallest absolute Gasteiger partial charge is 0.128 e. The third-order valence-electron chi connectivity index (χ3n) is 9.73. The lowest BCUT2D eigenvalue weighted by atomic mass is 9.73. The Morgan fingerprint density at radius 3 is 1.30 bits per heavy atom. The van der Waals surface area contributed by atoms with Crippen molar-refractivity contribution in [3.63, 3.8) is 0 Å². The highest BCUT2D eigenvalue weighted by Crippen LogP contribution is 2.41. The molecule has 1 saturated carbocycles. The summed E-state index contributed by atoms with van der Waals surface area (Å²) in [4.78, 5) is 10.7. The molecule has 2 aromatic rings. The summed E-state index contributed by atoms with van der Waals surface area (Å²) in [5.41, 5.74) is 5.11. The van der Waals surface area contributed by atoms with Crippen molar-refractivity contribution in [3.05, 3.63) is 57.6 Å². The molecule has 1 aliphatic rings. The second-order valence-corrected chi connectivity index (χ2v) is 19.2. The highest BCUT2D eigenvalue weighted by molar-refractivity contribution is 5.86. The number of phenolic OH excluding ortho intramolecular Hbond substituents is 2. The Kier molecular flexibility index (Phi) is 11.1. The molecule has 4 nitrogen and oxygen atoms in total. The molecule has 0 spiro atoms. The van der Waals surface area contributed by atoms with Crippen LogP contribution in [0.5, 0.6) is 11.5 Å². The molecule has 2 N–H and O–H groups in total. The first-order valence-electron chi connectivity index (χ1n) is 17.6. The SMILES string of the molecule is CC(C)(C)c1cc(C=NC(C2CCCCC2)C(N=Cc2cc(C(C)(C)C)cc(C(C)(C)C)c2O)C(C)(C)C)c(O)c(C(C)(C)C)c1. The molecule has 0 aliphatic heterocycles. The van der Waals surface area contributed by atoms with Gasteiger partial charge in [0, 0.05) is 34.7 Å². The average molecular weight is 631 g/mol. The van der Waals surface area contributed by atoms with Crippen LogP contribution in [0.4, 0.5) is 0 Å². The first kappa shape index (κ1) is 37.8. The fourth-order valence-electron chi connectivity index (χ4n) is 6.61. The van der Waals surface area contributed by atoms with Gasteiger partial charge in [0.2, 0.25) is 0 Å². The largest absolute Gasteiger partial charge is 0.507 e. The summed E-state index contributed by atoms with van der Waals surface area (Å²) in [5.74, 6) is 1.04. The summed E-state index contributed by atoms with van der Waals surface area (Å²) < 4.78 is 0. The monoisotopic (exact) mass is 631 g/mol. The van der Waals surface area contributed by atoms with E-state index in [-0.39, 0.29) is 39.2 Å². The average Bonchev–Trinajstić information content (AvgIpc) is 2.89. The third-order valence-corrected chi connectivity index (χ3v) is 9.73. The van der Waals surface area contributed by atoms with Crippen molar-refractivity contribution in [2.24, 2.45) is 21.3 Å². The molecule has 2 atom stereocenters. The maximum absolute atomic E-state index is 11.6. The van der Waals surface area contributed by atoms with Crippen LogP contribution in [0.15, 0.2) is 34.3 Å². The first-order valence-corrected chi connectivity index (χ1v) is 17.6. The molecule has 0 saturated heterocycles. The third kappa shape index (κ3) is 9.26. The van der Waals surface area contributed by atoms with Gasteiger partial charge in [-0.2, -0.15) is 0 Å². The fraction of sp³-hybridized carbons (Fsp3) is 0.667. The Balaban J connectivity index is 2.21. The zero-order valence-corrected chi connectivity index (χ0v) is 32.0. The topological polar surface area (TPSA) is 65.2 Å². The molecule has 0 aromatic heterocycles. The van der Waals surface area contributed by atoms with Crippen LogP contribution in [-0.2, 0) is 21.7 Å². The van der Waals surface area contributed by atoms with E-state index in [0.29, 0.717) is 17.4 Å². The van der Waals surface area contributed by atoms with E-state index < -0.39 is 0 Å². The first-order chi connectivity index (χ1) is 20.8. The number of aromatic hydroxyl groups is 2. The maximum atomic E-state index is 11.6. The lowest BCUT2D eigenvalue weighted by Crippen LogP contribution is -2.41. The van der Waals surface area contributed by atoms with Gasteiger partial charge in [0.15, 0.2) is 0 Å². The number of rotatable bonds is 6. The summed E-state index contributed by atoms with van der Waals surface area (Å²) in [7, 11) is 0. The molecular weight excluding hydrogens is 564 g/mol. The van der Waals surface area contributed by atoms with E-state index in [1.54, 1.807) is 0 Å². The summed E-state index contributed by atoms with van der Waals surface area (Å²) in [5, 5.41) is 23.1. The summed E-state index contributed by atoms with van der Waals surface area (Å²) in [6.45, 7) is 33.0. The van der Waals surface area contributed by atoms with Crippen LogP contribution in [0.1, 0.15) is 169 Å². The predicted octanol–water partition coefficient (Wildman–Crippen LogP) is 11.2. The van der Waals surface area contributed by atoms with Crippen LogP contribution in [0, 0.1) is 11.3 Å². The Bertz CT molecular complexity index is 1410. The summed E-state index contributed by atoms with van der Waals surface area (Å²) in [6, 6.07) is 8.38. The van der Waals surface area contributed by atoms with Crippen molar-refractivity contribution in [3.8, 4) is 11.5 Å². The molecule has 3 rings (SSSR count). The van der Waals surface area contributed by atoms with Crippen LogP contribution in [0.25, 0.3) is 0 Å². The molecular formula is C42H66N2O2. The van der Waals surface area contributed by atoms with Gasteiger partial charge in [0.05, 0.1) is 12.1 Å². The number of aliphatic imine (C=N–C) groups is 2. The van der Waals surface area contributed by atoms with Crippen molar-refractivity contribution in [2.75, 3.05) is 0 Å². The number of nitrogens with zero attached hydrogens (tertiary/aromatic N) is 2. The van der Waals surface area contributed by atoms with Crippen LogP contribution < -0.4 is 0 Å². The van der Waals surface area contributed by atoms with Crippen molar-refractivity contribution >= 4 is 12.4 Å². The fourth-order valence-corrected chi connectivity index (χ4v) is 6.61. The van der Waals surface area contributed by atoms with Crippen molar-refractivity contribution in [1.82, 2.24) is 0 Å². The van der Waals surface area contributed by atoms with Gasteiger partial charge in [-0.25, -0.2) is 0 Å². The summed E-state index contributed by atoms with van der Waals surface area (Å²) in [6.07, 6.45) is 9.79. The Morgan fingerprint density at radius 2 is 0.957 bits per heavy atom. The van der Waals surface area contributed by atoms with E-state index in [0.717, 1.165) is 35.1 Å². The molecule has 2 unspecified atom stereocenters. The van der Waals surface area contributed by atoms with Gasteiger partial charge in [0.25, 0.3) is 0 Å². The van der Waals surface area contributed by atoms with Crippen LogP contribution in [0.2, 0.25) is 0 Å². The molecule has 0 radical (unpaired) electrons. The molecule has 4 heteroatoms. The van der Waals surface area contributed by atoms with Gasteiger partial charge in [0.1, 0.15) is 11.5 Å². The number of benzene rings is 2. The van der Waals surface area contributed by atoms with E-state index in [2.05, 4.69) is 128 Å². The van der Waals surface area contributed by atoms with E-state index >= 15 is 0 Å². The van der Waals surface area contributed by atoms with Gasteiger partial charge in [-0.3, -0.25) is 9.98 Å². The molecule has 1 aliphatic carbocycles. The highest BCUT2D eigenvalue weighted by Gasteiger charge is 2.37. The second kappa shape index (κ2) is 13.5. The number of hydrogen-bond donors (Lipinski definition) is 2. The minimum atomic E-state index is -0.207. The van der Waals surface area contributed by atoms with E-state index in [9.17, 15) is 10.2 Å². The zero-order valence-electron chi connectivity index (χ0n) is 32.0. The standard InChI is InChI=1S/C42H66N2O2/c1-38(2,3)30-21-28(35(45)32(23-30)40(7,8)9)25-43-34(27-19-17-16-18-20-27)37(42(13,14)15)44-26-29-22-31(39(4,5)6)24-33(36(29)46)41(10,11)12/h21-27,34,37,45-46H,16-20H2,1-15H3. The molecule has 256 valence electrons.